The molecule has 6 heteroatoms. The third-order valence-electron chi connectivity index (χ3n) is 5.23. The molecule has 6 nitrogen and oxygen atoms in total. The maximum Gasteiger partial charge on any atom is 0.251 e. The molecule has 1 aromatic carbocycles. The largest absolute Gasteiger partial charge is 0.487 e. The Kier molecular flexibility index (Phi) is 5.30. The molecule has 0 spiro atoms. The number of carbonyl (C=O) groups is 1. The molecule has 0 radical (unpaired) electrons. The van der Waals surface area contributed by atoms with Gasteiger partial charge in [0.05, 0.1) is 5.69 Å². The van der Waals surface area contributed by atoms with Gasteiger partial charge in [-0.2, -0.15) is 0 Å². The molecule has 1 aliphatic rings. The first kappa shape index (κ1) is 18.5. The summed E-state index contributed by atoms with van der Waals surface area (Å²) >= 11 is 0. The highest BCUT2D eigenvalue weighted by Crippen LogP contribution is 2.17. The Labute approximate surface area is 164 Å². The Morgan fingerprint density at radius 1 is 1.32 bits per heavy atom. The number of ether oxygens (including phenoxy) is 1. The molecule has 1 saturated heterocycles. The fraction of sp³-hybridized carbons (Fsp3) is 0.364. The number of rotatable bonds is 5. The molecule has 2 aromatic heterocycles. The number of aryl methyl sites for hydroxylation is 1. The highest BCUT2D eigenvalue weighted by atomic mass is 16.5. The van der Waals surface area contributed by atoms with Crippen molar-refractivity contribution in [1.29, 1.82) is 0 Å². The number of fused-ring (bicyclic) bond motifs is 1. The molecule has 1 fully saturated rings. The van der Waals surface area contributed by atoms with Gasteiger partial charge in [0.1, 0.15) is 18.0 Å². The number of nitrogens with zero attached hydrogens (tertiary/aromatic N) is 2. The first-order valence-corrected chi connectivity index (χ1v) is 9.77. The van der Waals surface area contributed by atoms with Crippen molar-refractivity contribution in [3.63, 3.8) is 0 Å². The van der Waals surface area contributed by atoms with Crippen molar-refractivity contribution in [3.05, 3.63) is 65.6 Å². The Bertz CT molecular complexity index is 982. The molecule has 28 heavy (non-hydrogen) atoms. The third kappa shape index (κ3) is 4.17. The second-order valence-electron chi connectivity index (χ2n) is 7.57. The lowest BCUT2D eigenvalue weighted by molar-refractivity contribution is 0.0913. The van der Waals surface area contributed by atoms with Gasteiger partial charge in [-0.3, -0.25) is 4.79 Å². The highest BCUT2D eigenvalue weighted by molar-refractivity contribution is 5.94. The summed E-state index contributed by atoms with van der Waals surface area (Å²) in [6.45, 7) is 6.45. The van der Waals surface area contributed by atoms with E-state index in [2.05, 4.69) is 29.5 Å². The first-order chi connectivity index (χ1) is 13.6. The topological polar surface area (TPSA) is 67.7 Å². The van der Waals surface area contributed by atoms with E-state index in [0.717, 1.165) is 30.9 Å². The summed E-state index contributed by atoms with van der Waals surface area (Å²) in [5, 5.41) is 6.51. The smallest absolute Gasteiger partial charge is 0.251 e. The van der Waals surface area contributed by atoms with Crippen molar-refractivity contribution in [3.8, 4) is 5.75 Å². The summed E-state index contributed by atoms with van der Waals surface area (Å²) in [6, 6.07) is 11.6. The Morgan fingerprint density at radius 3 is 3.07 bits per heavy atom. The van der Waals surface area contributed by atoms with Crippen LogP contribution in [0.4, 0.5) is 0 Å². The molecule has 146 valence electrons. The number of imidazole rings is 1. The van der Waals surface area contributed by atoms with E-state index in [4.69, 9.17) is 4.74 Å². The minimum atomic E-state index is -0.0487. The van der Waals surface area contributed by atoms with E-state index in [1.54, 1.807) is 6.07 Å². The summed E-state index contributed by atoms with van der Waals surface area (Å²) in [4.78, 5) is 17.2. The van der Waals surface area contributed by atoms with Gasteiger partial charge in [-0.25, -0.2) is 4.98 Å². The molecular formula is C22H26N4O2. The second kappa shape index (κ2) is 8.02. The van der Waals surface area contributed by atoms with E-state index < -0.39 is 0 Å². The van der Waals surface area contributed by atoms with Crippen LogP contribution >= 0.6 is 0 Å². The van der Waals surface area contributed by atoms with Crippen LogP contribution in [0.3, 0.4) is 0 Å². The lowest BCUT2D eigenvalue weighted by Gasteiger charge is -2.30. The van der Waals surface area contributed by atoms with Crippen LogP contribution in [0.5, 0.6) is 5.75 Å². The number of pyridine rings is 1. The van der Waals surface area contributed by atoms with Gasteiger partial charge in [-0.1, -0.05) is 19.1 Å². The Morgan fingerprint density at radius 2 is 2.21 bits per heavy atom. The quantitative estimate of drug-likeness (QED) is 0.716. The molecule has 1 aliphatic heterocycles. The molecule has 3 heterocycles. The van der Waals surface area contributed by atoms with E-state index >= 15 is 0 Å². The molecule has 0 saturated carbocycles. The zero-order chi connectivity index (χ0) is 19.5. The maximum absolute atomic E-state index is 12.6. The minimum Gasteiger partial charge on any atom is -0.487 e. The molecule has 0 bridgehead atoms. The van der Waals surface area contributed by atoms with Gasteiger partial charge < -0.3 is 19.8 Å². The number of nitrogens with one attached hydrogen (secondary N) is 2. The Balaban J connectivity index is 1.40. The van der Waals surface area contributed by atoms with Crippen LogP contribution in [0, 0.1) is 12.8 Å². The lowest BCUT2D eigenvalue weighted by atomic mass is 9.95. The average Bonchev–Trinajstić information content (AvgIpc) is 3.10. The van der Waals surface area contributed by atoms with Crippen LogP contribution in [0.2, 0.25) is 0 Å². The van der Waals surface area contributed by atoms with Crippen LogP contribution in [0.15, 0.2) is 48.8 Å². The molecule has 2 unspecified atom stereocenters. The van der Waals surface area contributed by atoms with Crippen molar-refractivity contribution in [2.75, 3.05) is 13.1 Å². The van der Waals surface area contributed by atoms with Crippen molar-refractivity contribution >= 4 is 11.6 Å². The molecule has 0 aliphatic carbocycles. The maximum atomic E-state index is 12.6. The summed E-state index contributed by atoms with van der Waals surface area (Å²) in [6.07, 6.45) is 4.96. The number of hydrogen-bond acceptors (Lipinski definition) is 4. The molecular weight excluding hydrogens is 352 g/mol. The van der Waals surface area contributed by atoms with Gasteiger partial charge in [-0.15, -0.1) is 0 Å². The number of hydrogen-bond donors (Lipinski definition) is 2. The van der Waals surface area contributed by atoms with Gasteiger partial charge in [0.2, 0.25) is 0 Å². The van der Waals surface area contributed by atoms with E-state index in [1.807, 2.05) is 47.1 Å². The summed E-state index contributed by atoms with van der Waals surface area (Å²) in [7, 11) is 0. The van der Waals surface area contributed by atoms with Gasteiger partial charge in [0.25, 0.3) is 5.91 Å². The third-order valence-corrected chi connectivity index (χ3v) is 5.23. The highest BCUT2D eigenvalue weighted by Gasteiger charge is 2.23. The van der Waals surface area contributed by atoms with E-state index in [0.29, 0.717) is 23.8 Å². The summed E-state index contributed by atoms with van der Waals surface area (Å²) < 4.78 is 7.89. The zero-order valence-corrected chi connectivity index (χ0v) is 16.3. The van der Waals surface area contributed by atoms with Crippen LogP contribution in [-0.2, 0) is 6.61 Å². The number of benzene rings is 1. The number of carbonyl (C=O) groups excluding carboxylic acids is 1. The predicted molar refractivity (Wildman–Crippen MR) is 109 cm³/mol. The minimum absolute atomic E-state index is 0.0487. The van der Waals surface area contributed by atoms with Gasteiger partial charge in [-0.05, 0) is 62.2 Å². The Hall–Kier alpha value is -2.86. The predicted octanol–water partition coefficient (Wildman–Crippen LogP) is 2.95. The van der Waals surface area contributed by atoms with Crippen LogP contribution < -0.4 is 15.4 Å². The van der Waals surface area contributed by atoms with Gasteiger partial charge in [0.15, 0.2) is 0 Å². The van der Waals surface area contributed by atoms with Crippen molar-refractivity contribution in [1.82, 2.24) is 20.0 Å². The van der Waals surface area contributed by atoms with Gasteiger partial charge in [0, 0.05) is 24.0 Å². The second-order valence-corrected chi connectivity index (χ2v) is 7.57. The lowest BCUT2D eigenvalue weighted by Crippen LogP contribution is -2.48. The molecule has 2 N–H and O–H groups in total. The SMILES string of the molecule is Cc1ccc2nc(COc3cccc(C(=O)NC4CCNCC4C)c3)cn2c1. The fourth-order valence-electron chi connectivity index (χ4n) is 3.59. The monoisotopic (exact) mass is 378 g/mol. The number of amides is 1. The fourth-order valence-corrected chi connectivity index (χ4v) is 3.59. The molecule has 2 atom stereocenters. The molecule has 4 rings (SSSR count). The van der Waals surface area contributed by atoms with Crippen molar-refractivity contribution in [2.45, 2.75) is 32.9 Å². The number of piperidine rings is 1. The van der Waals surface area contributed by atoms with Crippen molar-refractivity contribution in [2.24, 2.45) is 5.92 Å². The molecule has 1 amide bonds. The van der Waals surface area contributed by atoms with E-state index in [1.165, 1.54) is 5.56 Å². The van der Waals surface area contributed by atoms with Crippen LogP contribution in [-0.4, -0.2) is 34.4 Å². The summed E-state index contributed by atoms with van der Waals surface area (Å²) in [5.41, 5.74) is 3.55. The van der Waals surface area contributed by atoms with E-state index in [9.17, 15) is 4.79 Å². The van der Waals surface area contributed by atoms with Crippen LogP contribution in [0.1, 0.15) is 35.0 Å². The average molecular weight is 378 g/mol. The van der Waals surface area contributed by atoms with E-state index in [-0.39, 0.29) is 11.9 Å². The standard InChI is InChI=1S/C22H26N4O2/c1-15-6-7-21-24-18(13-26(21)12-15)14-28-19-5-3-4-17(10-19)22(27)25-20-8-9-23-11-16(20)2/h3-7,10,12-13,16,20,23H,8-9,11,14H2,1-2H3,(H,25,27). The van der Waals surface area contributed by atoms with Crippen molar-refractivity contribution < 1.29 is 9.53 Å². The number of aromatic nitrogens is 2. The zero-order valence-electron chi connectivity index (χ0n) is 16.3. The van der Waals surface area contributed by atoms with Crippen LogP contribution in [0.25, 0.3) is 5.65 Å². The van der Waals surface area contributed by atoms with Gasteiger partial charge >= 0.3 is 0 Å². The summed E-state index contributed by atoms with van der Waals surface area (Å²) in [5.74, 6) is 1.04. The first-order valence-electron chi connectivity index (χ1n) is 9.77. The normalized spacial score (nSPS) is 19.5. The molecule has 3 aromatic rings.